The van der Waals surface area contributed by atoms with E-state index >= 15 is 0 Å². The topological polar surface area (TPSA) is 35.5 Å². The van der Waals surface area contributed by atoms with Crippen molar-refractivity contribution in [3.05, 3.63) is 35.4 Å². The minimum absolute atomic E-state index is 0.115. The van der Waals surface area contributed by atoms with Crippen LogP contribution in [-0.4, -0.2) is 25.8 Å². The smallest absolute Gasteiger partial charge is 0.338 e. The van der Waals surface area contributed by atoms with Gasteiger partial charge in [-0.1, -0.05) is 18.2 Å². The van der Waals surface area contributed by atoms with Gasteiger partial charge < -0.3 is 9.47 Å². The van der Waals surface area contributed by atoms with E-state index in [1.165, 1.54) is 0 Å². The molecule has 0 heterocycles. The maximum absolute atomic E-state index is 11.7. The molecule has 0 aliphatic heterocycles. The normalized spacial score (nSPS) is 12.2. The van der Waals surface area contributed by atoms with Gasteiger partial charge in [0.05, 0.1) is 18.3 Å². The Morgan fingerprint density at radius 3 is 2.69 bits per heavy atom. The average molecular weight is 222 g/mol. The third kappa shape index (κ3) is 3.66. The Morgan fingerprint density at radius 1 is 1.38 bits per heavy atom. The number of ether oxygens (including phenoxy) is 2. The SMILES string of the molecule is CO[C@@H](C)CCOC(=O)c1ccccc1C. The predicted octanol–water partition coefficient (Wildman–Crippen LogP) is 2.58. The number of hydrogen-bond donors (Lipinski definition) is 0. The number of benzene rings is 1. The lowest BCUT2D eigenvalue weighted by atomic mass is 10.1. The van der Waals surface area contributed by atoms with Crippen LogP contribution >= 0.6 is 0 Å². The van der Waals surface area contributed by atoms with Crippen molar-refractivity contribution in [1.29, 1.82) is 0 Å². The first-order valence-corrected chi connectivity index (χ1v) is 5.40. The summed E-state index contributed by atoms with van der Waals surface area (Å²) in [6.45, 7) is 4.23. The summed E-state index contributed by atoms with van der Waals surface area (Å²) in [6, 6.07) is 7.41. The molecule has 1 rings (SSSR count). The summed E-state index contributed by atoms with van der Waals surface area (Å²) < 4.78 is 10.2. The lowest BCUT2D eigenvalue weighted by molar-refractivity contribution is 0.0390. The monoisotopic (exact) mass is 222 g/mol. The van der Waals surface area contributed by atoms with Crippen molar-refractivity contribution < 1.29 is 14.3 Å². The Kier molecular flexibility index (Phi) is 4.99. The van der Waals surface area contributed by atoms with E-state index in [2.05, 4.69) is 0 Å². The van der Waals surface area contributed by atoms with Crippen molar-refractivity contribution in [3.63, 3.8) is 0 Å². The maximum Gasteiger partial charge on any atom is 0.338 e. The van der Waals surface area contributed by atoms with Crippen molar-refractivity contribution in [2.45, 2.75) is 26.4 Å². The number of rotatable bonds is 5. The van der Waals surface area contributed by atoms with Gasteiger partial charge in [0.25, 0.3) is 0 Å². The van der Waals surface area contributed by atoms with Crippen LogP contribution in [0.15, 0.2) is 24.3 Å². The van der Waals surface area contributed by atoms with Gasteiger partial charge in [0.15, 0.2) is 0 Å². The first kappa shape index (κ1) is 12.7. The number of carbonyl (C=O) groups is 1. The van der Waals surface area contributed by atoms with Crippen LogP contribution in [0.1, 0.15) is 29.3 Å². The van der Waals surface area contributed by atoms with Crippen molar-refractivity contribution in [3.8, 4) is 0 Å². The number of aryl methyl sites for hydroxylation is 1. The lowest BCUT2D eigenvalue weighted by Gasteiger charge is -2.10. The molecule has 0 bridgehead atoms. The summed E-state index contributed by atoms with van der Waals surface area (Å²) in [6.07, 6.45) is 0.832. The van der Waals surface area contributed by atoms with Gasteiger partial charge in [-0.3, -0.25) is 0 Å². The van der Waals surface area contributed by atoms with Crippen LogP contribution in [0.25, 0.3) is 0 Å². The van der Waals surface area contributed by atoms with Gasteiger partial charge in [-0.25, -0.2) is 4.79 Å². The van der Waals surface area contributed by atoms with Gasteiger partial charge in [-0.15, -0.1) is 0 Å². The molecule has 88 valence electrons. The standard InChI is InChI=1S/C13H18O3/c1-10-6-4-5-7-12(10)13(14)16-9-8-11(2)15-3/h4-7,11H,8-9H2,1-3H3/t11-/m0/s1. The predicted molar refractivity (Wildman–Crippen MR) is 62.5 cm³/mol. The summed E-state index contributed by atoms with van der Waals surface area (Å²) >= 11 is 0. The summed E-state index contributed by atoms with van der Waals surface area (Å²) in [5.74, 6) is -0.263. The van der Waals surface area contributed by atoms with Gasteiger partial charge >= 0.3 is 5.97 Å². The van der Waals surface area contributed by atoms with Crippen LogP contribution in [0.4, 0.5) is 0 Å². The molecule has 0 N–H and O–H groups in total. The number of methoxy groups -OCH3 is 1. The zero-order chi connectivity index (χ0) is 12.0. The molecule has 0 aromatic heterocycles. The van der Waals surface area contributed by atoms with Crippen LogP contribution in [0.3, 0.4) is 0 Å². The molecule has 1 atom stereocenters. The second-order valence-corrected chi connectivity index (χ2v) is 3.79. The van der Waals surface area contributed by atoms with Gasteiger partial charge in [0.2, 0.25) is 0 Å². The highest BCUT2D eigenvalue weighted by molar-refractivity contribution is 5.90. The zero-order valence-electron chi connectivity index (χ0n) is 10.0. The molecule has 0 saturated heterocycles. The lowest BCUT2D eigenvalue weighted by Crippen LogP contribution is -2.13. The molecule has 0 amide bonds. The highest BCUT2D eigenvalue weighted by atomic mass is 16.5. The molecule has 0 fully saturated rings. The van der Waals surface area contributed by atoms with Gasteiger partial charge in [-0.05, 0) is 25.5 Å². The molecule has 0 spiro atoms. The summed E-state index contributed by atoms with van der Waals surface area (Å²) in [5, 5.41) is 0. The van der Waals surface area contributed by atoms with E-state index in [4.69, 9.17) is 9.47 Å². The second-order valence-electron chi connectivity index (χ2n) is 3.79. The molecular weight excluding hydrogens is 204 g/mol. The fourth-order valence-electron chi connectivity index (χ4n) is 1.32. The Hall–Kier alpha value is -1.35. The summed E-state index contributed by atoms with van der Waals surface area (Å²) in [5.41, 5.74) is 1.57. The van der Waals surface area contributed by atoms with E-state index in [1.54, 1.807) is 13.2 Å². The molecule has 3 nitrogen and oxygen atoms in total. The quantitative estimate of drug-likeness (QED) is 0.718. The van der Waals surface area contributed by atoms with Gasteiger partial charge in [-0.2, -0.15) is 0 Å². The third-order valence-corrected chi connectivity index (χ3v) is 2.52. The largest absolute Gasteiger partial charge is 0.462 e. The molecule has 0 unspecified atom stereocenters. The highest BCUT2D eigenvalue weighted by Crippen LogP contribution is 2.09. The number of carbonyl (C=O) groups excluding carboxylic acids is 1. The van der Waals surface area contributed by atoms with E-state index in [-0.39, 0.29) is 12.1 Å². The maximum atomic E-state index is 11.7. The highest BCUT2D eigenvalue weighted by Gasteiger charge is 2.09. The van der Waals surface area contributed by atoms with Gasteiger partial charge in [0.1, 0.15) is 0 Å². The third-order valence-electron chi connectivity index (χ3n) is 2.52. The molecule has 1 aromatic carbocycles. The first-order chi connectivity index (χ1) is 7.65. The molecule has 0 radical (unpaired) electrons. The van der Waals surface area contributed by atoms with Crippen molar-refractivity contribution >= 4 is 5.97 Å². The van der Waals surface area contributed by atoms with E-state index in [9.17, 15) is 4.79 Å². The average Bonchev–Trinajstić information content (AvgIpc) is 2.29. The Morgan fingerprint density at radius 2 is 2.06 bits per heavy atom. The van der Waals surface area contributed by atoms with E-state index < -0.39 is 0 Å². The molecular formula is C13H18O3. The molecule has 3 heteroatoms. The molecule has 0 aliphatic carbocycles. The Labute approximate surface area is 96.4 Å². The van der Waals surface area contributed by atoms with E-state index in [0.717, 1.165) is 5.56 Å². The van der Waals surface area contributed by atoms with Crippen LogP contribution in [0.5, 0.6) is 0 Å². The van der Waals surface area contributed by atoms with Crippen LogP contribution in [0, 0.1) is 6.92 Å². The van der Waals surface area contributed by atoms with E-state index in [1.807, 2.05) is 32.0 Å². The van der Waals surface area contributed by atoms with Crippen LogP contribution in [-0.2, 0) is 9.47 Å². The Balaban J connectivity index is 2.44. The van der Waals surface area contributed by atoms with Gasteiger partial charge in [0, 0.05) is 13.5 Å². The minimum Gasteiger partial charge on any atom is -0.462 e. The molecule has 0 aliphatic rings. The molecule has 16 heavy (non-hydrogen) atoms. The minimum atomic E-state index is -0.263. The molecule has 0 saturated carbocycles. The van der Waals surface area contributed by atoms with Crippen molar-refractivity contribution in [1.82, 2.24) is 0 Å². The Bertz CT molecular complexity index is 347. The summed E-state index contributed by atoms with van der Waals surface area (Å²) in [4.78, 5) is 11.7. The van der Waals surface area contributed by atoms with E-state index in [0.29, 0.717) is 18.6 Å². The second kappa shape index (κ2) is 6.28. The summed E-state index contributed by atoms with van der Waals surface area (Å²) in [7, 11) is 1.65. The number of esters is 1. The zero-order valence-corrected chi connectivity index (χ0v) is 10.0. The van der Waals surface area contributed by atoms with Crippen LogP contribution in [0.2, 0.25) is 0 Å². The van der Waals surface area contributed by atoms with Crippen LogP contribution < -0.4 is 0 Å². The van der Waals surface area contributed by atoms with Crippen molar-refractivity contribution in [2.24, 2.45) is 0 Å². The number of hydrogen-bond acceptors (Lipinski definition) is 3. The molecule has 1 aromatic rings. The fourth-order valence-corrected chi connectivity index (χ4v) is 1.32. The first-order valence-electron chi connectivity index (χ1n) is 5.40. The van der Waals surface area contributed by atoms with Crippen molar-refractivity contribution in [2.75, 3.05) is 13.7 Å². The fraction of sp³-hybridized carbons (Fsp3) is 0.462.